The van der Waals surface area contributed by atoms with Gasteiger partial charge in [-0.05, 0) is 17.7 Å². The van der Waals surface area contributed by atoms with E-state index in [4.69, 9.17) is 0 Å². The topological polar surface area (TPSA) is 82.1 Å². The second-order valence-corrected chi connectivity index (χ2v) is 6.83. The second-order valence-electron chi connectivity index (χ2n) is 6.83. The summed E-state index contributed by atoms with van der Waals surface area (Å²) < 4.78 is 0. The number of carbonyl (C=O) groups excluding carboxylic acids is 1. The molecule has 0 aliphatic rings. The molecule has 1 aromatic carbocycles. The maximum Gasteiger partial charge on any atom is 0.255 e. The first kappa shape index (κ1) is 17.9. The number of aliphatic hydroxyl groups excluding tert-OH is 1. The molecule has 0 bridgehead atoms. The number of aliphatic hydroxyl groups is 1. The van der Waals surface area contributed by atoms with E-state index < -0.39 is 6.10 Å². The van der Waals surface area contributed by atoms with Crippen molar-refractivity contribution < 1.29 is 9.90 Å². The Balaban J connectivity index is 1.76. The number of aromatic amines is 1. The molecule has 0 spiro atoms. The Morgan fingerprint density at radius 1 is 1.04 bits per heavy atom. The van der Waals surface area contributed by atoms with Gasteiger partial charge in [-0.3, -0.25) is 9.78 Å². The van der Waals surface area contributed by atoms with Crippen LogP contribution < -0.4 is 0 Å². The monoisotopic (exact) mass is 372 g/mol. The Labute approximate surface area is 162 Å². The molecular formula is C22H20N4O2. The van der Waals surface area contributed by atoms with Gasteiger partial charge in [0.05, 0.1) is 0 Å². The lowest BCUT2D eigenvalue weighted by Crippen LogP contribution is -2.28. The molecule has 1 unspecified atom stereocenters. The maximum atomic E-state index is 12.1. The molecule has 4 aromatic rings. The molecule has 1 atom stereocenters. The standard InChI is InChI=1S/C22H20N4O2/c1-26(2)22(28)20(27)17-8-15(10-23-11-17)16-9-18-19(13-25-21(18)24-12-16)14-6-4-3-5-7-14/h3-13,20,27H,1-2H3,(H,24,25). The van der Waals surface area contributed by atoms with Crippen LogP contribution in [0.5, 0.6) is 0 Å². The van der Waals surface area contributed by atoms with Gasteiger partial charge >= 0.3 is 0 Å². The molecule has 1 amide bonds. The van der Waals surface area contributed by atoms with Gasteiger partial charge in [0.15, 0.2) is 6.10 Å². The first-order valence-corrected chi connectivity index (χ1v) is 8.91. The number of H-pyrrole nitrogens is 1. The molecule has 6 heteroatoms. The first-order chi connectivity index (χ1) is 13.5. The predicted molar refractivity (Wildman–Crippen MR) is 108 cm³/mol. The van der Waals surface area contributed by atoms with E-state index in [1.54, 1.807) is 32.6 Å². The van der Waals surface area contributed by atoms with Crippen LogP contribution in [0, 0.1) is 0 Å². The zero-order valence-corrected chi connectivity index (χ0v) is 15.6. The molecule has 2 N–H and O–H groups in total. The van der Waals surface area contributed by atoms with Gasteiger partial charge in [0.1, 0.15) is 5.65 Å². The minimum Gasteiger partial charge on any atom is -0.378 e. The van der Waals surface area contributed by atoms with Gasteiger partial charge in [-0.2, -0.15) is 0 Å². The van der Waals surface area contributed by atoms with E-state index in [1.807, 2.05) is 30.5 Å². The van der Waals surface area contributed by atoms with Crippen LogP contribution in [0.3, 0.4) is 0 Å². The van der Waals surface area contributed by atoms with Crippen molar-refractivity contribution in [2.75, 3.05) is 14.1 Å². The fourth-order valence-electron chi connectivity index (χ4n) is 3.17. The minimum absolute atomic E-state index is 0.385. The molecule has 4 rings (SSSR count). The number of benzene rings is 1. The summed E-state index contributed by atoms with van der Waals surface area (Å²) >= 11 is 0. The van der Waals surface area contributed by atoms with Crippen LogP contribution in [-0.2, 0) is 4.79 Å². The van der Waals surface area contributed by atoms with Gasteiger partial charge in [-0.1, -0.05) is 30.3 Å². The van der Waals surface area contributed by atoms with Crippen molar-refractivity contribution in [3.63, 3.8) is 0 Å². The minimum atomic E-state index is -1.24. The number of nitrogens with zero attached hydrogens (tertiary/aromatic N) is 3. The number of rotatable bonds is 4. The number of nitrogens with one attached hydrogen (secondary N) is 1. The van der Waals surface area contributed by atoms with Crippen LogP contribution in [-0.4, -0.2) is 45.0 Å². The largest absolute Gasteiger partial charge is 0.378 e. The summed E-state index contributed by atoms with van der Waals surface area (Å²) in [6, 6.07) is 13.9. The van der Waals surface area contributed by atoms with Crippen LogP contribution in [0.1, 0.15) is 11.7 Å². The maximum absolute atomic E-state index is 12.1. The fraction of sp³-hybridized carbons (Fsp3) is 0.136. The van der Waals surface area contributed by atoms with Crippen molar-refractivity contribution in [3.05, 3.63) is 72.8 Å². The van der Waals surface area contributed by atoms with Crippen LogP contribution >= 0.6 is 0 Å². The van der Waals surface area contributed by atoms with E-state index in [0.717, 1.165) is 33.3 Å². The Kier molecular flexibility index (Phi) is 4.63. The van der Waals surface area contributed by atoms with Crippen LogP contribution in [0.15, 0.2) is 67.3 Å². The Bertz CT molecular complexity index is 1140. The van der Waals surface area contributed by atoms with E-state index in [2.05, 4.69) is 27.1 Å². The lowest BCUT2D eigenvalue weighted by atomic mass is 10.0. The SMILES string of the molecule is CN(C)C(=O)C(O)c1cncc(-c2cnc3[nH]cc(-c4ccccc4)c3c2)c1. The second kappa shape index (κ2) is 7.25. The van der Waals surface area contributed by atoms with Crippen molar-refractivity contribution in [2.45, 2.75) is 6.10 Å². The molecule has 140 valence electrons. The van der Waals surface area contributed by atoms with E-state index in [-0.39, 0.29) is 5.91 Å². The normalized spacial score (nSPS) is 12.1. The number of hydrogen-bond donors (Lipinski definition) is 2. The van der Waals surface area contributed by atoms with E-state index in [1.165, 1.54) is 11.1 Å². The highest BCUT2D eigenvalue weighted by atomic mass is 16.3. The third-order valence-electron chi connectivity index (χ3n) is 4.70. The van der Waals surface area contributed by atoms with Crippen molar-refractivity contribution >= 4 is 16.9 Å². The molecule has 0 radical (unpaired) electrons. The number of likely N-dealkylation sites (N-methyl/N-ethyl adjacent to an activating group) is 1. The highest BCUT2D eigenvalue weighted by Crippen LogP contribution is 2.31. The Morgan fingerprint density at radius 3 is 2.54 bits per heavy atom. The van der Waals surface area contributed by atoms with E-state index >= 15 is 0 Å². The van der Waals surface area contributed by atoms with Gasteiger partial charge in [-0.15, -0.1) is 0 Å². The number of amides is 1. The van der Waals surface area contributed by atoms with Gasteiger partial charge in [0.2, 0.25) is 0 Å². The lowest BCUT2D eigenvalue weighted by Gasteiger charge is -2.16. The predicted octanol–water partition coefficient (Wildman–Crippen LogP) is 3.41. The van der Waals surface area contributed by atoms with Crippen LogP contribution in [0.2, 0.25) is 0 Å². The Hall–Kier alpha value is -3.51. The van der Waals surface area contributed by atoms with Crippen molar-refractivity contribution in [1.82, 2.24) is 19.9 Å². The van der Waals surface area contributed by atoms with Crippen molar-refractivity contribution in [3.8, 4) is 22.3 Å². The van der Waals surface area contributed by atoms with Gasteiger partial charge < -0.3 is 15.0 Å². The van der Waals surface area contributed by atoms with E-state index in [9.17, 15) is 9.90 Å². The molecule has 28 heavy (non-hydrogen) atoms. The highest BCUT2D eigenvalue weighted by molar-refractivity contribution is 5.95. The quantitative estimate of drug-likeness (QED) is 0.575. The molecule has 0 saturated heterocycles. The lowest BCUT2D eigenvalue weighted by molar-refractivity contribution is -0.137. The van der Waals surface area contributed by atoms with E-state index in [0.29, 0.717) is 5.56 Å². The van der Waals surface area contributed by atoms with Crippen LogP contribution in [0.25, 0.3) is 33.3 Å². The molecular weight excluding hydrogens is 352 g/mol. The summed E-state index contributed by atoms with van der Waals surface area (Å²) in [5.41, 5.74) is 5.08. The summed E-state index contributed by atoms with van der Waals surface area (Å²) in [7, 11) is 3.22. The average Bonchev–Trinajstić information content (AvgIpc) is 3.16. The summed E-state index contributed by atoms with van der Waals surface area (Å²) in [5.74, 6) is -0.385. The molecule has 6 nitrogen and oxygen atoms in total. The van der Waals surface area contributed by atoms with Gasteiger partial charge in [-0.25, -0.2) is 4.98 Å². The van der Waals surface area contributed by atoms with Crippen LogP contribution in [0.4, 0.5) is 0 Å². The fourth-order valence-corrected chi connectivity index (χ4v) is 3.17. The zero-order valence-electron chi connectivity index (χ0n) is 15.6. The summed E-state index contributed by atoms with van der Waals surface area (Å²) in [6.07, 6.45) is 5.67. The van der Waals surface area contributed by atoms with Gasteiger partial charge in [0.25, 0.3) is 5.91 Å². The molecule has 3 heterocycles. The Morgan fingerprint density at radius 2 is 1.79 bits per heavy atom. The smallest absolute Gasteiger partial charge is 0.255 e. The third kappa shape index (κ3) is 3.25. The molecule has 0 saturated carbocycles. The number of fused-ring (bicyclic) bond motifs is 1. The molecule has 3 aromatic heterocycles. The molecule has 0 aliphatic heterocycles. The number of carbonyl (C=O) groups is 1. The highest BCUT2D eigenvalue weighted by Gasteiger charge is 2.20. The van der Waals surface area contributed by atoms with Gasteiger partial charge in [0, 0.05) is 66.5 Å². The average molecular weight is 372 g/mol. The van der Waals surface area contributed by atoms with Crippen molar-refractivity contribution in [1.29, 1.82) is 0 Å². The molecule has 0 fully saturated rings. The van der Waals surface area contributed by atoms with Crippen molar-refractivity contribution in [2.24, 2.45) is 0 Å². The first-order valence-electron chi connectivity index (χ1n) is 8.91. The summed E-state index contributed by atoms with van der Waals surface area (Å²) in [6.45, 7) is 0. The molecule has 0 aliphatic carbocycles. The number of aromatic nitrogens is 3. The summed E-state index contributed by atoms with van der Waals surface area (Å²) in [4.78, 5) is 25.4. The number of pyridine rings is 2. The zero-order chi connectivity index (χ0) is 19.7. The summed E-state index contributed by atoms with van der Waals surface area (Å²) in [5, 5.41) is 11.3. The third-order valence-corrected chi connectivity index (χ3v) is 4.70. The number of hydrogen-bond acceptors (Lipinski definition) is 4.